The van der Waals surface area contributed by atoms with Crippen molar-refractivity contribution in [2.45, 2.75) is 36.6 Å². The molecule has 0 spiro atoms. The lowest BCUT2D eigenvalue weighted by Crippen LogP contribution is -2.40. The molecule has 0 aliphatic heterocycles. The van der Waals surface area contributed by atoms with Crippen molar-refractivity contribution in [1.29, 1.82) is 5.26 Å². The molecule has 18 heavy (non-hydrogen) atoms. The van der Waals surface area contributed by atoms with E-state index in [1.807, 2.05) is 6.92 Å². The lowest BCUT2D eigenvalue weighted by atomic mass is 10.2. The lowest BCUT2D eigenvalue weighted by Gasteiger charge is -2.32. The molecule has 0 saturated carbocycles. The van der Waals surface area contributed by atoms with Crippen LogP contribution in [0.2, 0.25) is 0 Å². The highest BCUT2D eigenvalue weighted by molar-refractivity contribution is 8.55. The summed E-state index contributed by atoms with van der Waals surface area (Å²) in [5.41, 5.74) is -1.84. The number of nitriles is 1. The van der Waals surface area contributed by atoms with Gasteiger partial charge in [0.15, 0.2) is 0 Å². The minimum atomic E-state index is -3.53. The minimum absolute atomic E-state index is 0.176. The third kappa shape index (κ3) is 5.46. The Hall–Kier alpha value is 0.860. The van der Waals surface area contributed by atoms with E-state index in [0.29, 0.717) is 5.75 Å². The van der Waals surface area contributed by atoms with Crippen molar-refractivity contribution in [2.24, 2.45) is 0 Å². The van der Waals surface area contributed by atoms with Gasteiger partial charge in [0.1, 0.15) is 6.07 Å². The van der Waals surface area contributed by atoms with Crippen molar-refractivity contribution in [1.82, 2.24) is 0 Å². The highest BCUT2D eigenvalue weighted by atomic mass is 35.6. The van der Waals surface area contributed by atoms with Crippen LogP contribution in [-0.2, 0) is 13.6 Å². The van der Waals surface area contributed by atoms with Crippen LogP contribution in [0.3, 0.4) is 0 Å². The first-order valence-electron chi connectivity index (χ1n) is 5.22. The first-order chi connectivity index (χ1) is 8.14. The molecule has 0 amide bonds. The average molecular weight is 355 g/mol. The van der Waals surface area contributed by atoms with Gasteiger partial charge in [-0.05, 0) is 31.7 Å². The second-order valence-electron chi connectivity index (χ2n) is 3.43. The Bertz CT molecular complexity index is 358. The highest BCUT2D eigenvalue weighted by Gasteiger charge is 2.51. The molecular weight excluding hydrogens is 340 g/mol. The summed E-state index contributed by atoms with van der Waals surface area (Å²) in [6.07, 6.45) is 0.780. The monoisotopic (exact) mass is 353 g/mol. The molecule has 0 aromatic heterocycles. The van der Waals surface area contributed by atoms with E-state index in [0.717, 1.165) is 17.8 Å². The van der Waals surface area contributed by atoms with Gasteiger partial charge in [0, 0.05) is 5.75 Å². The molecule has 106 valence electrons. The van der Waals surface area contributed by atoms with Crippen molar-refractivity contribution in [3.05, 3.63) is 0 Å². The Labute approximate surface area is 127 Å². The van der Waals surface area contributed by atoms with Gasteiger partial charge < -0.3 is 4.52 Å². The van der Waals surface area contributed by atoms with Gasteiger partial charge in [-0.1, -0.05) is 41.7 Å². The van der Waals surface area contributed by atoms with Crippen LogP contribution >= 0.6 is 53.0 Å². The summed E-state index contributed by atoms with van der Waals surface area (Å²) in [5, 5.41) is 9.06. The van der Waals surface area contributed by atoms with Gasteiger partial charge in [-0.3, -0.25) is 4.52 Å². The zero-order valence-corrected chi connectivity index (χ0v) is 14.3. The Morgan fingerprint density at radius 2 is 1.94 bits per heavy atom. The summed E-state index contributed by atoms with van der Waals surface area (Å²) in [6.45, 7) is 1.50. The topological polar surface area (TPSA) is 59.3 Å². The number of hydrogen-bond donors (Lipinski definition) is 0. The third-order valence-electron chi connectivity index (χ3n) is 1.79. The molecule has 2 atom stereocenters. The zero-order valence-electron chi connectivity index (χ0n) is 10.3. The van der Waals surface area contributed by atoms with Crippen molar-refractivity contribution >= 4 is 53.0 Å². The third-order valence-corrected chi connectivity index (χ3v) is 6.98. The molecule has 0 radical (unpaired) electrons. The van der Waals surface area contributed by atoms with Crippen molar-refractivity contribution in [3.63, 3.8) is 0 Å². The number of rotatable bonds is 7. The van der Waals surface area contributed by atoms with E-state index in [4.69, 9.17) is 49.1 Å². The number of alkyl halides is 3. The molecule has 0 aliphatic rings. The fraction of sp³-hybridized carbons (Fsp3) is 0.889. The highest BCUT2D eigenvalue weighted by Crippen LogP contribution is 2.64. The summed E-state index contributed by atoms with van der Waals surface area (Å²) >= 11 is 18.0. The quantitative estimate of drug-likeness (QED) is 0.478. The van der Waals surface area contributed by atoms with Crippen LogP contribution in [0.1, 0.15) is 27.2 Å². The summed E-state index contributed by atoms with van der Waals surface area (Å²) in [6, 6.07) is 1.73. The number of hydrogen-bond acceptors (Lipinski definition) is 5. The van der Waals surface area contributed by atoms with Gasteiger partial charge in [-0.2, -0.15) is 5.26 Å². The van der Waals surface area contributed by atoms with Crippen molar-refractivity contribution < 1.29 is 13.6 Å². The summed E-state index contributed by atoms with van der Waals surface area (Å²) in [4.78, 5) is 0. The SMILES string of the molecule is CCCSP(=O)(OCC)OC(C)(C#N)C(Cl)(Cl)Cl. The van der Waals surface area contributed by atoms with E-state index in [9.17, 15) is 4.57 Å². The Morgan fingerprint density at radius 1 is 1.39 bits per heavy atom. The Morgan fingerprint density at radius 3 is 2.28 bits per heavy atom. The molecule has 0 aromatic rings. The first kappa shape index (κ1) is 18.9. The fourth-order valence-electron chi connectivity index (χ4n) is 0.810. The van der Waals surface area contributed by atoms with Crippen LogP contribution in [-0.4, -0.2) is 21.8 Å². The predicted octanol–water partition coefficient (Wildman–Crippen LogP) is 4.94. The molecule has 0 bridgehead atoms. The molecule has 0 N–H and O–H groups in total. The molecule has 9 heteroatoms. The maximum atomic E-state index is 12.4. The van der Waals surface area contributed by atoms with E-state index in [2.05, 4.69) is 0 Å². The Kier molecular flexibility index (Phi) is 7.95. The molecule has 0 aromatic carbocycles. The second kappa shape index (κ2) is 7.59. The van der Waals surface area contributed by atoms with Gasteiger partial charge in [0.05, 0.1) is 6.61 Å². The first-order valence-corrected chi connectivity index (χ1v) is 9.48. The van der Waals surface area contributed by atoms with Crippen molar-refractivity contribution in [3.8, 4) is 6.07 Å². The standard InChI is InChI=1S/C9H15Cl3NO3PS/c1-4-6-18-17(14,15-5-2)16-8(3,7-13)9(10,11)12/h4-6H2,1-3H3. The minimum Gasteiger partial charge on any atom is -0.301 e. The summed E-state index contributed by atoms with van der Waals surface area (Å²) in [7, 11) is 0. The largest absolute Gasteiger partial charge is 0.390 e. The van der Waals surface area contributed by atoms with Crippen LogP contribution in [0.25, 0.3) is 0 Å². The summed E-state index contributed by atoms with van der Waals surface area (Å²) in [5.74, 6) is 0.554. The number of halogens is 3. The molecule has 0 heterocycles. The predicted molar refractivity (Wildman–Crippen MR) is 77.4 cm³/mol. The van der Waals surface area contributed by atoms with E-state index in [1.54, 1.807) is 13.0 Å². The molecule has 4 nitrogen and oxygen atoms in total. The maximum absolute atomic E-state index is 12.4. The van der Waals surface area contributed by atoms with Gasteiger partial charge >= 0.3 is 6.80 Å². The van der Waals surface area contributed by atoms with Crippen LogP contribution < -0.4 is 0 Å². The molecule has 0 saturated heterocycles. The van der Waals surface area contributed by atoms with Gasteiger partial charge in [0.25, 0.3) is 0 Å². The van der Waals surface area contributed by atoms with E-state index >= 15 is 0 Å². The molecule has 2 unspecified atom stereocenters. The smallest absolute Gasteiger partial charge is 0.301 e. The normalized spacial score (nSPS) is 18.7. The van der Waals surface area contributed by atoms with Crippen molar-refractivity contribution in [2.75, 3.05) is 12.4 Å². The lowest BCUT2D eigenvalue weighted by molar-refractivity contribution is 0.124. The van der Waals surface area contributed by atoms with Crippen LogP contribution in [0.4, 0.5) is 0 Å². The van der Waals surface area contributed by atoms with Crippen LogP contribution in [0.5, 0.6) is 0 Å². The second-order valence-corrected chi connectivity index (χ2v) is 9.83. The molecule has 0 aliphatic carbocycles. The van der Waals surface area contributed by atoms with Gasteiger partial charge in [0.2, 0.25) is 9.39 Å². The van der Waals surface area contributed by atoms with E-state index in [-0.39, 0.29) is 6.61 Å². The Balaban J connectivity index is 5.08. The average Bonchev–Trinajstić information content (AvgIpc) is 2.25. The van der Waals surface area contributed by atoms with E-state index in [1.165, 1.54) is 6.92 Å². The zero-order chi connectivity index (χ0) is 14.4. The fourth-order valence-corrected chi connectivity index (χ4v) is 5.11. The van der Waals surface area contributed by atoms with E-state index < -0.39 is 16.2 Å². The van der Waals surface area contributed by atoms with Gasteiger partial charge in [-0.15, -0.1) is 0 Å². The summed E-state index contributed by atoms with van der Waals surface area (Å²) < 4.78 is 20.7. The van der Waals surface area contributed by atoms with Crippen LogP contribution in [0.15, 0.2) is 0 Å². The molecule has 0 rings (SSSR count). The van der Waals surface area contributed by atoms with Crippen LogP contribution in [0, 0.1) is 11.3 Å². The molecule has 0 fully saturated rings. The molecular formula is C9H15Cl3NO3PS. The number of nitrogens with zero attached hydrogens (tertiary/aromatic N) is 1. The van der Waals surface area contributed by atoms with Gasteiger partial charge in [-0.25, -0.2) is 4.57 Å². The maximum Gasteiger partial charge on any atom is 0.390 e.